The Kier molecular flexibility index (Phi) is 6.19. The molecular weight excluding hydrogens is 212 g/mol. The van der Waals surface area contributed by atoms with Crippen molar-refractivity contribution in [2.75, 3.05) is 0 Å². The third-order valence-corrected chi connectivity index (χ3v) is 3.94. The lowest BCUT2D eigenvalue weighted by Gasteiger charge is -2.35. The minimum absolute atomic E-state index is 0.243. The van der Waals surface area contributed by atoms with Crippen LogP contribution in [-0.2, 0) is 0 Å². The number of aliphatic hydroxyl groups is 2. The maximum atomic E-state index is 9.10. The van der Waals surface area contributed by atoms with Gasteiger partial charge in [-0.25, -0.2) is 0 Å². The molecule has 0 spiro atoms. The molecule has 0 saturated heterocycles. The number of hydrogen-bond donors (Lipinski definition) is 2. The molecule has 0 bridgehead atoms. The van der Waals surface area contributed by atoms with Crippen LogP contribution in [0.1, 0.15) is 62.3 Å². The highest BCUT2D eigenvalue weighted by Gasteiger charge is 2.32. The number of hydrogen-bond acceptors (Lipinski definition) is 2. The first-order valence-corrected chi connectivity index (χ1v) is 6.14. The fraction of sp³-hybridized carbons (Fsp3) is 0.867. The molecular formula is C15H32O2. The number of allylic oxidation sites excluding steroid dienone is 1. The Labute approximate surface area is 108 Å². The summed E-state index contributed by atoms with van der Waals surface area (Å²) >= 11 is 0. The molecule has 0 atom stereocenters. The predicted octanol–water partition coefficient (Wildman–Crippen LogP) is 3.77. The zero-order chi connectivity index (χ0) is 14.7. The Bertz CT molecular complexity index is 219. The Morgan fingerprint density at radius 2 is 0.941 bits per heavy atom. The quantitative estimate of drug-likeness (QED) is 0.726. The summed E-state index contributed by atoms with van der Waals surface area (Å²) in [6.07, 6.45) is 2.02. The summed E-state index contributed by atoms with van der Waals surface area (Å²) in [5.74, 6) is 0. The van der Waals surface area contributed by atoms with Gasteiger partial charge in [-0.05, 0) is 38.5 Å². The van der Waals surface area contributed by atoms with Crippen molar-refractivity contribution in [2.45, 2.75) is 73.5 Å². The molecule has 17 heavy (non-hydrogen) atoms. The summed E-state index contributed by atoms with van der Waals surface area (Å²) in [5, 5.41) is 18.2. The van der Waals surface area contributed by atoms with Gasteiger partial charge in [0.05, 0.1) is 11.2 Å². The first-order valence-electron chi connectivity index (χ1n) is 6.14. The van der Waals surface area contributed by atoms with Crippen LogP contribution in [0.2, 0.25) is 0 Å². The largest absolute Gasteiger partial charge is 0.387 e. The highest BCUT2D eigenvalue weighted by Crippen LogP contribution is 2.38. The number of rotatable bonds is 2. The first-order chi connectivity index (χ1) is 7.06. The van der Waals surface area contributed by atoms with Crippen molar-refractivity contribution in [3.8, 4) is 0 Å². The molecule has 2 heteroatoms. The highest BCUT2D eigenvalue weighted by molar-refractivity contribution is 4.95. The van der Waals surface area contributed by atoms with E-state index in [1.165, 1.54) is 0 Å². The van der Waals surface area contributed by atoms with Crippen LogP contribution < -0.4 is 0 Å². The van der Waals surface area contributed by atoms with Crippen LogP contribution in [0.15, 0.2) is 12.7 Å². The summed E-state index contributed by atoms with van der Waals surface area (Å²) in [4.78, 5) is 0. The van der Waals surface area contributed by atoms with Gasteiger partial charge in [-0.3, -0.25) is 0 Å². The van der Waals surface area contributed by atoms with E-state index in [9.17, 15) is 0 Å². The molecule has 0 aromatic rings. The van der Waals surface area contributed by atoms with Crippen molar-refractivity contribution in [1.82, 2.24) is 0 Å². The molecule has 0 aliphatic rings. The van der Waals surface area contributed by atoms with E-state index >= 15 is 0 Å². The lowest BCUT2D eigenvalue weighted by Crippen LogP contribution is -2.44. The molecule has 0 aromatic carbocycles. The van der Waals surface area contributed by atoms with E-state index < -0.39 is 11.2 Å². The topological polar surface area (TPSA) is 40.5 Å². The van der Waals surface area contributed by atoms with Gasteiger partial charge in [-0.15, -0.1) is 6.58 Å². The predicted molar refractivity (Wildman–Crippen MR) is 76.0 cm³/mol. The second-order valence-electron chi connectivity index (χ2n) is 7.29. The van der Waals surface area contributed by atoms with Crippen molar-refractivity contribution in [2.24, 2.45) is 10.8 Å². The van der Waals surface area contributed by atoms with Gasteiger partial charge >= 0.3 is 0 Å². The van der Waals surface area contributed by atoms with Crippen molar-refractivity contribution in [3.05, 3.63) is 12.7 Å². The third-order valence-electron chi connectivity index (χ3n) is 3.94. The standard InChI is InChI=1S/C9H18.C6H14O2/c1-7-9(5,6)8(2,3)4;1-5(2,7)6(3,4)8/h7H,1H2,2-6H3;7-8H,1-4H3. The molecule has 0 unspecified atom stereocenters. The Morgan fingerprint density at radius 1 is 0.706 bits per heavy atom. The van der Waals surface area contributed by atoms with Gasteiger partial charge in [0, 0.05) is 0 Å². The van der Waals surface area contributed by atoms with Crippen LogP contribution in [0.25, 0.3) is 0 Å². The Hall–Kier alpha value is -0.340. The monoisotopic (exact) mass is 244 g/mol. The lowest BCUT2D eigenvalue weighted by molar-refractivity contribution is -0.107. The summed E-state index contributed by atoms with van der Waals surface area (Å²) in [5.41, 5.74) is -1.44. The second kappa shape index (κ2) is 5.53. The van der Waals surface area contributed by atoms with Crippen molar-refractivity contribution >= 4 is 0 Å². The molecule has 0 aliphatic heterocycles. The minimum Gasteiger partial charge on any atom is -0.387 e. The van der Waals surface area contributed by atoms with E-state index in [1.54, 1.807) is 27.7 Å². The lowest BCUT2D eigenvalue weighted by atomic mass is 9.70. The van der Waals surface area contributed by atoms with Crippen LogP contribution >= 0.6 is 0 Å². The van der Waals surface area contributed by atoms with Crippen molar-refractivity contribution in [1.29, 1.82) is 0 Å². The fourth-order valence-corrected chi connectivity index (χ4v) is 0.306. The SMILES string of the molecule is C=CC(C)(C)C(C)(C)C.CC(C)(O)C(C)(C)O. The smallest absolute Gasteiger partial charge is 0.0872 e. The zero-order valence-electron chi connectivity index (χ0n) is 13.2. The van der Waals surface area contributed by atoms with E-state index in [0.29, 0.717) is 5.41 Å². The van der Waals surface area contributed by atoms with Gasteiger partial charge in [0.15, 0.2) is 0 Å². The second-order valence-corrected chi connectivity index (χ2v) is 7.29. The summed E-state index contributed by atoms with van der Waals surface area (Å²) in [6.45, 7) is 21.2. The first kappa shape index (κ1) is 19.0. The molecule has 2 nitrogen and oxygen atoms in total. The van der Waals surface area contributed by atoms with Crippen LogP contribution in [0.4, 0.5) is 0 Å². The van der Waals surface area contributed by atoms with E-state index in [1.807, 2.05) is 6.08 Å². The third kappa shape index (κ3) is 6.85. The molecule has 0 rings (SSSR count). The van der Waals surface area contributed by atoms with Gasteiger partial charge in [0.1, 0.15) is 0 Å². The normalized spacial score (nSPS) is 13.8. The zero-order valence-corrected chi connectivity index (χ0v) is 13.2. The van der Waals surface area contributed by atoms with Crippen LogP contribution in [-0.4, -0.2) is 21.4 Å². The maximum Gasteiger partial charge on any atom is 0.0872 e. The molecule has 0 heterocycles. The van der Waals surface area contributed by atoms with Gasteiger partial charge in [0.2, 0.25) is 0 Å². The van der Waals surface area contributed by atoms with Crippen molar-refractivity contribution in [3.63, 3.8) is 0 Å². The van der Waals surface area contributed by atoms with Gasteiger partial charge in [0.25, 0.3) is 0 Å². The Morgan fingerprint density at radius 3 is 0.941 bits per heavy atom. The molecule has 0 fully saturated rings. The van der Waals surface area contributed by atoms with Crippen LogP contribution in [0.3, 0.4) is 0 Å². The summed E-state index contributed by atoms with van der Waals surface area (Å²) < 4.78 is 0. The molecule has 0 saturated carbocycles. The van der Waals surface area contributed by atoms with Crippen LogP contribution in [0, 0.1) is 10.8 Å². The average Bonchev–Trinajstić information content (AvgIpc) is 1.99. The van der Waals surface area contributed by atoms with E-state index in [4.69, 9.17) is 10.2 Å². The Balaban J connectivity index is 0. The molecule has 0 aromatic heterocycles. The van der Waals surface area contributed by atoms with E-state index in [-0.39, 0.29) is 5.41 Å². The molecule has 0 aliphatic carbocycles. The highest BCUT2D eigenvalue weighted by atomic mass is 16.3. The summed E-state index contributed by atoms with van der Waals surface area (Å²) in [6, 6.07) is 0. The van der Waals surface area contributed by atoms with Gasteiger partial charge in [-0.2, -0.15) is 0 Å². The van der Waals surface area contributed by atoms with E-state index in [2.05, 4.69) is 41.2 Å². The van der Waals surface area contributed by atoms with Gasteiger partial charge < -0.3 is 10.2 Å². The summed E-state index contributed by atoms with van der Waals surface area (Å²) in [7, 11) is 0. The van der Waals surface area contributed by atoms with Crippen LogP contribution in [0.5, 0.6) is 0 Å². The molecule has 2 N–H and O–H groups in total. The molecule has 0 amide bonds. The van der Waals surface area contributed by atoms with E-state index in [0.717, 1.165) is 0 Å². The fourth-order valence-electron chi connectivity index (χ4n) is 0.306. The average molecular weight is 244 g/mol. The minimum atomic E-state index is -1.01. The maximum absolute atomic E-state index is 9.10. The molecule has 0 radical (unpaired) electrons. The van der Waals surface area contributed by atoms with Gasteiger partial charge in [-0.1, -0.05) is 40.7 Å². The molecule has 104 valence electrons. The van der Waals surface area contributed by atoms with Crippen molar-refractivity contribution < 1.29 is 10.2 Å².